The molecule has 0 radical (unpaired) electrons. The fourth-order valence-electron chi connectivity index (χ4n) is 3.15. The second kappa shape index (κ2) is 11.0. The number of Topliss-reactive ketones (excluding diaryl/α,β-unsaturated/α-hetero) is 1. The van der Waals surface area contributed by atoms with Crippen LogP contribution >= 0.6 is 24.8 Å². The van der Waals surface area contributed by atoms with E-state index in [-0.39, 0.29) is 42.7 Å². The van der Waals surface area contributed by atoms with Gasteiger partial charge in [-0.15, -0.1) is 24.8 Å². The minimum Gasteiger partial charge on any atom is -0.504 e. The van der Waals surface area contributed by atoms with Crippen LogP contribution in [0.3, 0.4) is 0 Å². The number of aromatic hydroxyl groups is 2. The lowest BCUT2D eigenvalue weighted by atomic mass is 10.1. The van der Waals surface area contributed by atoms with E-state index in [9.17, 15) is 25.1 Å². The van der Waals surface area contributed by atoms with Gasteiger partial charge in [0.15, 0.2) is 11.5 Å². The number of rotatable bonds is 6. The van der Waals surface area contributed by atoms with Crippen molar-refractivity contribution in [3.8, 4) is 11.5 Å². The molecule has 158 valence electrons. The molecule has 1 saturated heterocycles. The number of nitro groups is 1. The predicted molar refractivity (Wildman–Crippen MR) is 113 cm³/mol. The quantitative estimate of drug-likeness (QED) is 0.305. The molecule has 29 heavy (non-hydrogen) atoms. The van der Waals surface area contributed by atoms with Crippen LogP contribution < -0.4 is 0 Å². The van der Waals surface area contributed by atoms with E-state index in [1.165, 1.54) is 5.56 Å². The van der Waals surface area contributed by atoms with Crippen LogP contribution in [-0.4, -0.2) is 63.4 Å². The van der Waals surface area contributed by atoms with E-state index in [0.717, 1.165) is 31.8 Å². The molecule has 1 aliphatic rings. The van der Waals surface area contributed by atoms with Gasteiger partial charge >= 0.3 is 5.69 Å². The van der Waals surface area contributed by atoms with E-state index in [4.69, 9.17) is 0 Å². The second-order valence-electron chi connectivity index (χ2n) is 6.58. The summed E-state index contributed by atoms with van der Waals surface area (Å²) >= 11 is 0. The van der Waals surface area contributed by atoms with Gasteiger partial charge in [-0.05, 0) is 11.6 Å². The first kappa shape index (κ1) is 24.6. The summed E-state index contributed by atoms with van der Waals surface area (Å²) < 4.78 is 0. The highest BCUT2D eigenvalue weighted by molar-refractivity contribution is 5.99. The Morgan fingerprint density at radius 2 is 1.59 bits per heavy atom. The lowest BCUT2D eigenvalue weighted by Gasteiger charge is -2.34. The van der Waals surface area contributed by atoms with Gasteiger partial charge in [-0.25, -0.2) is 0 Å². The predicted octanol–water partition coefficient (Wildman–Crippen LogP) is 2.85. The van der Waals surface area contributed by atoms with Crippen molar-refractivity contribution in [2.24, 2.45) is 0 Å². The van der Waals surface area contributed by atoms with Gasteiger partial charge in [0.2, 0.25) is 5.75 Å². The maximum absolute atomic E-state index is 12.5. The number of carbonyl (C=O) groups is 1. The Morgan fingerprint density at radius 1 is 1.00 bits per heavy atom. The Balaban J connectivity index is 0.00000210. The monoisotopic (exact) mass is 443 g/mol. The van der Waals surface area contributed by atoms with Gasteiger partial charge in [0.05, 0.1) is 11.5 Å². The van der Waals surface area contributed by atoms with Crippen LogP contribution in [0, 0.1) is 10.1 Å². The Bertz CT molecular complexity index is 843. The Kier molecular flexibility index (Phi) is 9.32. The molecular formula is C19H23Cl2N3O5. The number of halogens is 2. The summed E-state index contributed by atoms with van der Waals surface area (Å²) in [5.41, 5.74) is 0.587. The van der Waals surface area contributed by atoms with Gasteiger partial charge in [0.1, 0.15) is 0 Å². The highest BCUT2D eigenvalue weighted by Gasteiger charge is 2.24. The van der Waals surface area contributed by atoms with Crippen molar-refractivity contribution in [1.29, 1.82) is 0 Å². The number of phenolic OH excluding ortho intramolecular Hbond substituents is 2. The average molecular weight is 444 g/mol. The first-order chi connectivity index (χ1) is 12.9. The minimum absolute atomic E-state index is 0. The fraction of sp³-hybridized carbons (Fsp3) is 0.316. The van der Waals surface area contributed by atoms with Crippen LogP contribution in [0.4, 0.5) is 5.69 Å². The van der Waals surface area contributed by atoms with Crippen molar-refractivity contribution in [3.63, 3.8) is 0 Å². The third kappa shape index (κ3) is 6.30. The lowest BCUT2D eigenvalue weighted by Crippen LogP contribution is -2.47. The summed E-state index contributed by atoms with van der Waals surface area (Å²) in [5, 5.41) is 30.1. The molecule has 0 aromatic heterocycles. The Hall–Kier alpha value is -2.39. The van der Waals surface area contributed by atoms with E-state index in [1.54, 1.807) is 0 Å². The van der Waals surface area contributed by atoms with Gasteiger partial charge in [-0.2, -0.15) is 0 Å². The van der Waals surface area contributed by atoms with Crippen molar-refractivity contribution in [3.05, 3.63) is 63.7 Å². The molecule has 0 spiro atoms. The van der Waals surface area contributed by atoms with E-state index in [2.05, 4.69) is 17.0 Å². The van der Waals surface area contributed by atoms with Gasteiger partial charge in [0.25, 0.3) is 0 Å². The van der Waals surface area contributed by atoms with Crippen LogP contribution in [0.2, 0.25) is 0 Å². The molecule has 0 bridgehead atoms. The van der Waals surface area contributed by atoms with Crippen LogP contribution in [0.25, 0.3) is 0 Å². The summed E-state index contributed by atoms with van der Waals surface area (Å²) in [6.07, 6.45) is 0. The highest BCUT2D eigenvalue weighted by Crippen LogP contribution is 2.36. The number of nitrogens with zero attached hydrogens (tertiary/aromatic N) is 3. The Morgan fingerprint density at radius 3 is 2.17 bits per heavy atom. The molecule has 1 aliphatic heterocycles. The van der Waals surface area contributed by atoms with E-state index in [0.29, 0.717) is 13.1 Å². The van der Waals surface area contributed by atoms with Crippen molar-refractivity contribution in [2.45, 2.75) is 6.54 Å². The van der Waals surface area contributed by atoms with Crippen LogP contribution in [0.5, 0.6) is 11.5 Å². The largest absolute Gasteiger partial charge is 0.504 e. The van der Waals surface area contributed by atoms with Crippen LogP contribution in [0.1, 0.15) is 15.9 Å². The standard InChI is InChI=1S/C19H21N3O5.2ClH/c23-17-11-15(10-16(19(17)25)22(26)27)18(24)13-21-8-6-20(7-9-21)12-14-4-2-1-3-5-14;;/h1-5,10-11,23,25H,6-9,12-13H2;2*1H. The summed E-state index contributed by atoms with van der Waals surface area (Å²) in [4.78, 5) is 26.9. The molecule has 1 heterocycles. The zero-order valence-electron chi connectivity index (χ0n) is 15.6. The molecule has 2 aromatic rings. The van der Waals surface area contributed by atoms with Crippen molar-refractivity contribution in [1.82, 2.24) is 9.80 Å². The number of benzene rings is 2. The van der Waals surface area contributed by atoms with Gasteiger partial charge < -0.3 is 10.2 Å². The van der Waals surface area contributed by atoms with E-state index in [1.807, 2.05) is 23.1 Å². The molecular weight excluding hydrogens is 421 g/mol. The number of hydrogen-bond acceptors (Lipinski definition) is 7. The second-order valence-corrected chi connectivity index (χ2v) is 6.58. The summed E-state index contributed by atoms with van der Waals surface area (Å²) in [6, 6.07) is 12.2. The molecule has 0 unspecified atom stereocenters. The maximum atomic E-state index is 12.5. The average Bonchev–Trinajstić information content (AvgIpc) is 2.66. The SMILES string of the molecule is Cl.Cl.O=C(CN1CCN(Cc2ccccc2)CC1)c1cc(O)c(O)c([N+](=O)[O-])c1. The van der Waals surface area contributed by atoms with E-state index >= 15 is 0 Å². The third-order valence-corrected chi connectivity index (χ3v) is 4.67. The van der Waals surface area contributed by atoms with Crippen molar-refractivity contribution >= 4 is 36.3 Å². The number of carbonyl (C=O) groups excluding carboxylic acids is 1. The molecule has 3 rings (SSSR count). The van der Waals surface area contributed by atoms with Gasteiger partial charge in [0, 0.05) is 44.4 Å². The zero-order chi connectivity index (χ0) is 19.4. The van der Waals surface area contributed by atoms with E-state index < -0.39 is 22.1 Å². The first-order valence-electron chi connectivity index (χ1n) is 8.66. The molecule has 0 aliphatic carbocycles. The molecule has 8 nitrogen and oxygen atoms in total. The molecule has 1 fully saturated rings. The van der Waals surface area contributed by atoms with Gasteiger partial charge in [-0.3, -0.25) is 24.7 Å². The molecule has 0 amide bonds. The summed E-state index contributed by atoms with van der Waals surface area (Å²) in [5.74, 6) is -1.82. The van der Waals surface area contributed by atoms with Crippen LogP contribution in [0.15, 0.2) is 42.5 Å². The van der Waals surface area contributed by atoms with Gasteiger partial charge in [-0.1, -0.05) is 30.3 Å². The topological polar surface area (TPSA) is 107 Å². The fourth-order valence-corrected chi connectivity index (χ4v) is 3.15. The normalized spacial score (nSPS) is 14.5. The maximum Gasteiger partial charge on any atom is 0.315 e. The number of hydrogen-bond donors (Lipinski definition) is 2. The highest BCUT2D eigenvalue weighted by atomic mass is 35.5. The lowest BCUT2D eigenvalue weighted by molar-refractivity contribution is -0.386. The zero-order valence-corrected chi connectivity index (χ0v) is 17.2. The first-order valence-corrected chi connectivity index (χ1v) is 8.66. The molecule has 10 heteroatoms. The number of piperazine rings is 1. The molecule has 0 saturated carbocycles. The summed E-state index contributed by atoms with van der Waals surface area (Å²) in [6.45, 7) is 4.04. The number of ketones is 1. The van der Waals surface area contributed by atoms with Crippen molar-refractivity contribution < 1.29 is 19.9 Å². The van der Waals surface area contributed by atoms with Crippen LogP contribution in [-0.2, 0) is 6.54 Å². The smallest absolute Gasteiger partial charge is 0.315 e. The number of nitro benzene ring substituents is 1. The molecule has 2 aromatic carbocycles. The number of phenols is 2. The molecule has 0 atom stereocenters. The minimum atomic E-state index is -0.828. The Labute approximate surface area is 180 Å². The third-order valence-electron chi connectivity index (χ3n) is 4.67. The molecule has 2 N–H and O–H groups in total. The van der Waals surface area contributed by atoms with Crippen molar-refractivity contribution in [2.75, 3.05) is 32.7 Å². The summed E-state index contributed by atoms with van der Waals surface area (Å²) in [7, 11) is 0.